The SMILES string of the molecule is Nc1ccc(Sc2ccc(N)cc2S(=O)(=O)[O-])c(S(=O)(=O)[O-])c1.[Na+].[Na+]. The maximum absolute atomic E-state index is 11.3. The molecular weight excluding hydrogens is 410 g/mol. The molecule has 2 aromatic rings. The predicted molar refractivity (Wildman–Crippen MR) is 81.8 cm³/mol. The number of hydrogen-bond donors (Lipinski definition) is 2. The molecule has 0 saturated heterocycles. The summed E-state index contributed by atoms with van der Waals surface area (Å²) in [5.41, 5.74) is 11.0. The van der Waals surface area contributed by atoms with E-state index in [9.17, 15) is 25.9 Å². The topological polar surface area (TPSA) is 166 Å². The van der Waals surface area contributed by atoms with Crippen molar-refractivity contribution >= 4 is 43.4 Å². The second-order valence-corrected chi connectivity index (χ2v) is 8.20. The van der Waals surface area contributed by atoms with E-state index in [-0.39, 0.29) is 80.3 Å². The van der Waals surface area contributed by atoms with Crippen LogP contribution in [0.2, 0.25) is 0 Å². The maximum atomic E-state index is 11.3. The summed E-state index contributed by atoms with van der Waals surface area (Å²) in [6, 6.07) is 7.13. The van der Waals surface area contributed by atoms with Crippen LogP contribution in [0.15, 0.2) is 56.0 Å². The van der Waals surface area contributed by atoms with Gasteiger partial charge in [-0.1, -0.05) is 11.8 Å². The van der Waals surface area contributed by atoms with Crippen LogP contribution >= 0.6 is 11.8 Å². The van der Waals surface area contributed by atoms with E-state index in [2.05, 4.69) is 0 Å². The quantitative estimate of drug-likeness (QED) is 0.279. The molecule has 25 heavy (non-hydrogen) atoms. The molecule has 124 valence electrons. The summed E-state index contributed by atoms with van der Waals surface area (Å²) in [5.74, 6) is 0. The van der Waals surface area contributed by atoms with E-state index in [1.165, 1.54) is 24.3 Å². The molecule has 0 amide bonds. The summed E-state index contributed by atoms with van der Waals surface area (Å²) in [4.78, 5) is -1.31. The van der Waals surface area contributed by atoms with Crippen LogP contribution in [0, 0.1) is 0 Å². The molecule has 0 spiro atoms. The van der Waals surface area contributed by atoms with E-state index in [0.717, 1.165) is 12.1 Å². The summed E-state index contributed by atoms with van der Waals surface area (Å²) in [6.07, 6.45) is 0. The van der Waals surface area contributed by atoms with Gasteiger partial charge in [-0.25, -0.2) is 16.8 Å². The molecular formula is C12H10N2Na2O6S3. The molecule has 0 unspecified atom stereocenters. The molecule has 0 bridgehead atoms. The van der Waals surface area contributed by atoms with Crippen LogP contribution < -0.4 is 70.6 Å². The number of hydrogen-bond acceptors (Lipinski definition) is 9. The minimum atomic E-state index is -4.84. The van der Waals surface area contributed by atoms with Gasteiger partial charge in [0.15, 0.2) is 0 Å². The minimum Gasteiger partial charge on any atom is -0.744 e. The zero-order valence-corrected chi connectivity index (χ0v) is 19.7. The average molecular weight is 420 g/mol. The van der Waals surface area contributed by atoms with Crippen molar-refractivity contribution in [3.8, 4) is 0 Å². The van der Waals surface area contributed by atoms with Gasteiger partial charge < -0.3 is 20.6 Å². The normalized spacial score (nSPS) is 11.3. The zero-order valence-electron chi connectivity index (χ0n) is 13.3. The zero-order chi connectivity index (χ0) is 17.4. The van der Waals surface area contributed by atoms with Crippen molar-refractivity contribution < 1.29 is 85.1 Å². The molecule has 13 heteroatoms. The smallest absolute Gasteiger partial charge is 0.744 e. The Labute approximate surface area is 193 Å². The van der Waals surface area contributed by atoms with Crippen molar-refractivity contribution in [2.45, 2.75) is 19.6 Å². The number of anilines is 2. The largest absolute Gasteiger partial charge is 1.00 e. The first-order chi connectivity index (χ1) is 10.5. The third-order valence-electron chi connectivity index (χ3n) is 2.69. The third-order valence-corrected chi connectivity index (χ3v) is 5.86. The molecule has 0 radical (unpaired) electrons. The number of nitrogens with two attached hydrogens (primary N) is 2. The van der Waals surface area contributed by atoms with Crippen LogP contribution in [-0.2, 0) is 20.2 Å². The Balaban J connectivity index is 0.00000288. The Morgan fingerprint density at radius 2 is 1.04 bits per heavy atom. The Bertz CT molecular complexity index is 901. The summed E-state index contributed by atoms with van der Waals surface area (Å²) in [7, 11) is -9.67. The molecule has 0 aliphatic heterocycles. The van der Waals surface area contributed by atoms with Gasteiger partial charge in [-0.3, -0.25) is 0 Å². The second kappa shape index (κ2) is 9.42. The molecule has 0 aromatic heterocycles. The van der Waals surface area contributed by atoms with Gasteiger partial charge in [-0.15, -0.1) is 0 Å². The van der Waals surface area contributed by atoms with Gasteiger partial charge in [0.05, 0.1) is 9.79 Å². The maximum Gasteiger partial charge on any atom is 1.00 e. The Hall–Kier alpha value is 0.210. The number of nitrogen functional groups attached to an aromatic ring is 2. The van der Waals surface area contributed by atoms with Crippen molar-refractivity contribution in [3.05, 3.63) is 36.4 Å². The molecule has 0 saturated carbocycles. The van der Waals surface area contributed by atoms with Gasteiger partial charge in [-0.2, -0.15) is 0 Å². The molecule has 4 N–H and O–H groups in total. The third kappa shape index (κ3) is 6.70. The van der Waals surface area contributed by atoms with Crippen LogP contribution in [0.4, 0.5) is 11.4 Å². The molecule has 8 nitrogen and oxygen atoms in total. The fourth-order valence-electron chi connectivity index (χ4n) is 1.73. The minimum absolute atomic E-state index is 0. The first kappa shape index (κ1) is 25.2. The molecule has 2 aromatic carbocycles. The molecule has 0 fully saturated rings. The Kier molecular flexibility index (Phi) is 9.50. The molecule has 0 atom stereocenters. The molecule has 0 heterocycles. The summed E-state index contributed by atoms with van der Waals surface area (Å²) < 4.78 is 67.8. The average Bonchev–Trinajstić information content (AvgIpc) is 2.40. The molecule has 0 aliphatic carbocycles. The van der Waals surface area contributed by atoms with Crippen molar-refractivity contribution in [2.75, 3.05) is 11.5 Å². The van der Waals surface area contributed by atoms with Crippen molar-refractivity contribution in [1.82, 2.24) is 0 Å². The van der Waals surface area contributed by atoms with Gasteiger partial charge in [0, 0.05) is 21.2 Å². The van der Waals surface area contributed by atoms with E-state index >= 15 is 0 Å². The van der Waals surface area contributed by atoms with Gasteiger partial charge >= 0.3 is 59.1 Å². The predicted octanol–water partition coefficient (Wildman–Crippen LogP) is -5.18. The fraction of sp³-hybridized carbons (Fsp3) is 0. The Morgan fingerprint density at radius 1 is 0.720 bits per heavy atom. The second-order valence-electron chi connectivity index (χ2n) is 4.42. The van der Waals surface area contributed by atoms with Crippen molar-refractivity contribution in [2.24, 2.45) is 0 Å². The van der Waals surface area contributed by atoms with E-state index in [0.29, 0.717) is 11.8 Å². The van der Waals surface area contributed by atoms with Crippen LogP contribution in [0.3, 0.4) is 0 Å². The van der Waals surface area contributed by atoms with Crippen molar-refractivity contribution in [1.29, 1.82) is 0 Å². The first-order valence-electron chi connectivity index (χ1n) is 5.87. The van der Waals surface area contributed by atoms with E-state index in [1.807, 2.05) is 0 Å². The summed E-state index contributed by atoms with van der Waals surface area (Å²) >= 11 is 0.643. The van der Waals surface area contributed by atoms with Crippen molar-refractivity contribution in [3.63, 3.8) is 0 Å². The van der Waals surface area contributed by atoms with Gasteiger partial charge in [0.2, 0.25) is 0 Å². The van der Waals surface area contributed by atoms with E-state index in [1.54, 1.807) is 0 Å². The van der Waals surface area contributed by atoms with Crippen LogP contribution in [-0.4, -0.2) is 25.9 Å². The van der Waals surface area contributed by atoms with Crippen LogP contribution in [0.25, 0.3) is 0 Å². The first-order valence-corrected chi connectivity index (χ1v) is 9.50. The van der Waals surface area contributed by atoms with Crippen LogP contribution in [0.1, 0.15) is 0 Å². The Morgan fingerprint density at radius 3 is 1.32 bits per heavy atom. The van der Waals surface area contributed by atoms with E-state index < -0.39 is 30.0 Å². The standard InChI is InChI=1S/C12H12N2O6S3.2Na/c13-7-1-3-9(11(5-7)22(15,16)17)21-10-4-2-8(14)6-12(10)23(18,19)20;;/h1-6H,13-14H2,(H,15,16,17)(H,18,19,20);;/q;2*+1/p-2. The molecule has 0 aliphatic rings. The van der Waals surface area contributed by atoms with E-state index in [4.69, 9.17) is 11.5 Å². The molecule has 2 rings (SSSR count). The fourth-order valence-corrected chi connectivity index (χ4v) is 4.61. The summed E-state index contributed by atoms with van der Waals surface area (Å²) in [5, 5.41) is 0. The van der Waals surface area contributed by atoms with Gasteiger partial charge in [-0.05, 0) is 36.4 Å². The van der Waals surface area contributed by atoms with Crippen LogP contribution in [0.5, 0.6) is 0 Å². The van der Waals surface area contributed by atoms with Gasteiger partial charge in [0.25, 0.3) is 0 Å². The monoisotopic (exact) mass is 420 g/mol. The number of rotatable bonds is 4. The van der Waals surface area contributed by atoms with Gasteiger partial charge in [0.1, 0.15) is 20.2 Å². The number of benzene rings is 2. The summed E-state index contributed by atoms with van der Waals surface area (Å²) in [6.45, 7) is 0.